The van der Waals surface area contributed by atoms with Crippen molar-refractivity contribution in [3.63, 3.8) is 0 Å². The molecule has 1 N–H and O–H groups in total. The van der Waals surface area contributed by atoms with Gasteiger partial charge in [-0.2, -0.15) is 0 Å². The summed E-state index contributed by atoms with van der Waals surface area (Å²) in [4.78, 5) is 19.4. The van der Waals surface area contributed by atoms with Crippen LogP contribution in [0.3, 0.4) is 0 Å². The molecule has 1 aliphatic heterocycles. The zero-order valence-corrected chi connectivity index (χ0v) is 16.2. The molecular formula is C16H16BrN3O2S2. The van der Waals surface area contributed by atoms with E-state index in [-0.39, 0.29) is 24.6 Å². The number of carbonyl (C=O) groups is 1. The molecule has 0 saturated carbocycles. The maximum absolute atomic E-state index is 12.0. The number of nitrogens with zero attached hydrogens (tertiary/aromatic N) is 2. The van der Waals surface area contributed by atoms with E-state index >= 15 is 0 Å². The lowest BCUT2D eigenvalue weighted by atomic mass is 10.0. The number of carbonyl (C=O) groups excluding carboxylic acids is 1. The molecule has 24 heavy (non-hydrogen) atoms. The first kappa shape index (κ1) is 17.3. The lowest BCUT2D eigenvalue weighted by molar-refractivity contribution is -0.143. The van der Waals surface area contributed by atoms with Crippen molar-refractivity contribution >= 4 is 50.6 Å². The van der Waals surface area contributed by atoms with Gasteiger partial charge in [-0.25, -0.2) is 0 Å². The molecule has 3 rings (SSSR count). The normalized spacial score (nSPS) is 20.1. The highest BCUT2D eigenvalue weighted by Crippen LogP contribution is 2.41. The minimum Gasteiger partial charge on any atom is -0.465 e. The van der Waals surface area contributed by atoms with E-state index in [0.29, 0.717) is 11.7 Å². The standard InChI is InChI=1S/C16H16BrN3O2S2/c1-2-22-13(21)8-20-15(12-7-10(17)9-24-12)14(19-16(20)23)11-5-3-4-6-18-11/h3-7,9,14-15H,2,8H2,1H3,(H,19,23)/t14-,15+/m0/s1. The van der Waals surface area contributed by atoms with Crippen molar-refractivity contribution in [2.24, 2.45) is 0 Å². The fraction of sp³-hybridized carbons (Fsp3) is 0.312. The Morgan fingerprint density at radius 2 is 2.38 bits per heavy atom. The highest BCUT2D eigenvalue weighted by Gasteiger charge is 2.41. The zero-order valence-electron chi connectivity index (χ0n) is 12.9. The Morgan fingerprint density at radius 1 is 1.54 bits per heavy atom. The van der Waals surface area contributed by atoms with E-state index in [1.165, 1.54) is 0 Å². The number of hydrogen-bond acceptors (Lipinski definition) is 5. The summed E-state index contributed by atoms with van der Waals surface area (Å²) in [6.45, 7) is 2.26. The van der Waals surface area contributed by atoms with Crippen LogP contribution in [0.25, 0.3) is 0 Å². The zero-order chi connectivity index (χ0) is 17.1. The van der Waals surface area contributed by atoms with Crippen LogP contribution in [0.2, 0.25) is 0 Å². The first-order chi connectivity index (χ1) is 11.6. The number of aromatic nitrogens is 1. The summed E-state index contributed by atoms with van der Waals surface area (Å²) in [7, 11) is 0. The van der Waals surface area contributed by atoms with Crippen LogP contribution in [0.5, 0.6) is 0 Å². The molecule has 2 aromatic heterocycles. The minimum absolute atomic E-state index is 0.104. The minimum atomic E-state index is -0.288. The van der Waals surface area contributed by atoms with Crippen molar-refractivity contribution in [3.05, 3.63) is 50.9 Å². The fourth-order valence-electron chi connectivity index (χ4n) is 2.71. The van der Waals surface area contributed by atoms with Gasteiger partial charge in [0, 0.05) is 20.9 Å². The summed E-state index contributed by atoms with van der Waals surface area (Å²) >= 11 is 10.6. The van der Waals surface area contributed by atoms with E-state index in [1.54, 1.807) is 24.5 Å². The molecule has 8 heteroatoms. The van der Waals surface area contributed by atoms with Gasteiger partial charge < -0.3 is 15.0 Å². The van der Waals surface area contributed by atoms with Crippen molar-refractivity contribution in [2.75, 3.05) is 13.2 Å². The third-order valence-electron chi connectivity index (χ3n) is 3.68. The van der Waals surface area contributed by atoms with Crippen molar-refractivity contribution in [3.8, 4) is 0 Å². The van der Waals surface area contributed by atoms with Crippen molar-refractivity contribution < 1.29 is 9.53 Å². The third kappa shape index (κ3) is 3.60. The number of hydrogen-bond donors (Lipinski definition) is 1. The first-order valence-electron chi connectivity index (χ1n) is 7.47. The van der Waals surface area contributed by atoms with Crippen LogP contribution in [0, 0.1) is 0 Å². The lowest BCUT2D eigenvalue weighted by Crippen LogP contribution is -2.35. The van der Waals surface area contributed by atoms with Gasteiger partial charge in [-0.1, -0.05) is 6.07 Å². The Labute approximate surface area is 158 Å². The molecule has 0 aliphatic carbocycles. The van der Waals surface area contributed by atoms with Gasteiger partial charge in [-0.05, 0) is 53.3 Å². The predicted octanol–water partition coefficient (Wildman–Crippen LogP) is 3.44. The second-order valence-electron chi connectivity index (χ2n) is 5.23. The smallest absolute Gasteiger partial charge is 0.325 e. The molecule has 2 atom stereocenters. The van der Waals surface area contributed by atoms with Gasteiger partial charge in [0.15, 0.2) is 5.11 Å². The van der Waals surface area contributed by atoms with Gasteiger partial charge in [-0.15, -0.1) is 11.3 Å². The topological polar surface area (TPSA) is 54.5 Å². The molecule has 0 bridgehead atoms. The molecule has 1 saturated heterocycles. The summed E-state index contributed by atoms with van der Waals surface area (Å²) < 4.78 is 6.10. The highest BCUT2D eigenvalue weighted by atomic mass is 79.9. The van der Waals surface area contributed by atoms with Gasteiger partial charge in [0.05, 0.1) is 24.4 Å². The molecule has 0 aromatic carbocycles. The van der Waals surface area contributed by atoms with E-state index in [4.69, 9.17) is 17.0 Å². The van der Waals surface area contributed by atoms with Gasteiger partial charge in [0.1, 0.15) is 6.54 Å². The SMILES string of the molecule is CCOC(=O)CN1C(=S)N[C@@H](c2ccccn2)[C@H]1c1cc(Br)cs1. The Hall–Kier alpha value is -1.51. The number of nitrogens with one attached hydrogen (secondary N) is 1. The number of halogens is 1. The van der Waals surface area contributed by atoms with Crippen LogP contribution in [0.4, 0.5) is 0 Å². The number of pyridine rings is 1. The Kier molecular flexibility index (Phi) is 5.47. The Bertz CT molecular complexity index is 738. The quantitative estimate of drug-likeness (QED) is 0.584. The Morgan fingerprint density at radius 3 is 3.00 bits per heavy atom. The summed E-state index contributed by atoms with van der Waals surface area (Å²) in [5.74, 6) is -0.288. The van der Waals surface area contributed by atoms with Crippen LogP contribution in [-0.4, -0.2) is 34.1 Å². The van der Waals surface area contributed by atoms with Crippen LogP contribution >= 0.6 is 39.5 Å². The Balaban J connectivity index is 1.95. The number of rotatable bonds is 5. The second-order valence-corrected chi connectivity index (χ2v) is 7.47. The molecule has 2 aromatic rings. The second kappa shape index (κ2) is 7.58. The molecule has 5 nitrogen and oxygen atoms in total. The number of thiophene rings is 1. The van der Waals surface area contributed by atoms with Gasteiger partial charge >= 0.3 is 5.97 Å². The van der Waals surface area contributed by atoms with Gasteiger partial charge in [-0.3, -0.25) is 9.78 Å². The fourth-order valence-corrected chi connectivity index (χ4v) is 4.61. The van der Waals surface area contributed by atoms with Crippen LogP contribution in [0.15, 0.2) is 40.3 Å². The summed E-state index contributed by atoms with van der Waals surface area (Å²) in [6.07, 6.45) is 1.76. The molecule has 1 aliphatic rings. The van der Waals surface area contributed by atoms with E-state index in [1.807, 2.05) is 28.5 Å². The van der Waals surface area contributed by atoms with Crippen LogP contribution < -0.4 is 5.32 Å². The summed E-state index contributed by atoms with van der Waals surface area (Å²) in [6, 6.07) is 7.63. The van der Waals surface area contributed by atoms with Crippen LogP contribution in [-0.2, 0) is 9.53 Å². The van der Waals surface area contributed by atoms with E-state index in [9.17, 15) is 4.79 Å². The maximum Gasteiger partial charge on any atom is 0.325 e. The van der Waals surface area contributed by atoms with Crippen molar-refractivity contribution in [1.29, 1.82) is 0 Å². The summed E-state index contributed by atoms with van der Waals surface area (Å²) in [5, 5.41) is 5.86. The lowest BCUT2D eigenvalue weighted by Gasteiger charge is -2.25. The molecule has 1 fully saturated rings. The van der Waals surface area contributed by atoms with Crippen molar-refractivity contribution in [2.45, 2.75) is 19.0 Å². The number of thiocarbonyl (C=S) groups is 1. The van der Waals surface area contributed by atoms with E-state index in [2.05, 4.69) is 32.3 Å². The van der Waals surface area contributed by atoms with Gasteiger partial charge in [0.25, 0.3) is 0 Å². The first-order valence-corrected chi connectivity index (χ1v) is 9.56. The highest BCUT2D eigenvalue weighted by molar-refractivity contribution is 9.10. The van der Waals surface area contributed by atoms with E-state index < -0.39 is 0 Å². The molecule has 0 spiro atoms. The van der Waals surface area contributed by atoms with Gasteiger partial charge in [0.2, 0.25) is 0 Å². The number of esters is 1. The largest absolute Gasteiger partial charge is 0.465 e. The average Bonchev–Trinajstić information content (AvgIpc) is 3.13. The molecule has 126 valence electrons. The molecular weight excluding hydrogens is 410 g/mol. The molecule has 0 amide bonds. The van der Waals surface area contributed by atoms with E-state index in [0.717, 1.165) is 15.0 Å². The maximum atomic E-state index is 12.0. The molecule has 3 heterocycles. The monoisotopic (exact) mass is 425 g/mol. The number of ether oxygens (including phenoxy) is 1. The molecule has 0 unspecified atom stereocenters. The average molecular weight is 426 g/mol. The van der Waals surface area contributed by atoms with Crippen LogP contribution in [0.1, 0.15) is 29.6 Å². The molecule has 0 radical (unpaired) electrons. The summed E-state index contributed by atoms with van der Waals surface area (Å²) in [5.41, 5.74) is 0.890. The predicted molar refractivity (Wildman–Crippen MR) is 101 cm³/mol. The third-order valence-corrected chi connectivity index (χ3v) is 5.80. The van der Waals surface area contributed by atoms with Crippen molar-refractivity contribution in [1.82, 2.24) is 15.2 Å².